The van der Waals surface area contributed by atoms with E-state index in [9.17, 15) is 9.90 Å². The molecule has 0 saturated heterocycles. The van der Waals surface area contributed by atoms with E-state index in [2.05, 4.69) is 34.3 Å². The van der Waals surface area contributed by atoms with Gasteiger partial charge in [0.1, 0.15) is 5.75 Å². The van der Waals surface area contributed by atoms with E-state index in [1.807, 2.05) is 18.3 Å². The van der Waals surface area contributed by atoms with Crippen LogP contribution in [0.25, 0.3) is 10.9 Å². The molecule has 7 heteroatoms. The van der Waals surface area contributed by atoms with Crippen LogP contribution in [0.2, 0.25) is 0 Å². The van der Waals surface area contributed by atoms with E-state index >= 15 is 0 Å². The summed E-state index contributed by atoms with van der Waals surface area (Å²) in [4.78, 5) is 11.2. The number of benzene rings is 2. The summed E-state index contributed by atoms with van der Waals surface area (Å²) in [5.74, 6) is -0.414. The van der Waals surface area contributed by atoms with Gasteiger partial charge >= 0.3 is 5.97 Å². The number of aromatic carboxylic acids is 1. The molecule has 0 aliphatic heterocycles. The molecule has 3 N–H and O–H groups in total. The minimum atomic E-state index is -0.972. The maximum atomic E-state index is 11.2. The normalized spacial score (nSPS) is 10.7. The molecular weight excluding hydrogens is 386 g/mol. The number of carboxylic acids is 1. The first kappa shape index (κ1) is 20.7. The molecular formula is C22H25N3O3S. The topological polar surface area (TPSA) is 75.5 Å². The number of aromatic nitrogens is 1. The van der Waals surface area contributed by atoms with E-state index in [1.54, 1.807) is 25.3 Å². The Morgan fingerprint density at radius 1 is 1.21 bits per heavy atom. The highest BCUT2D eigenvalue weighted by Gasteiger charge is 2.11. The summed E-state index contributed by atoms with van der Waals surface area (Å²) in [5.41, 5.74) is 3.08. The fourth-order valence-corrected chi connectivity index (χ4v) is 3.37. The van der Waals surface area contributed by atoms with Crippen LogP contribution < -0.4 is 15.4 Å². The van der Waals surface area contributed by atoms with Gasteiger partial charge in [0.15, 0.2) is 5.11 Å². The van der Waals surface area contributed by atoms with E-state index < -0.39 is 5.97 Å². The Hall–Kier alpha value is -3.06. The number of unbranched alkanes of at least 4 members (excludes halogenated alkanes) is 1. The highest BCUT2D eigenvalue weighted by atomic mass is 32.1. The van der Waals surface area contributed by atoms with E-state index in [1.165, 1.54) is 0 Å². The average Bonchev–Trinajstić information content (AvgIpc) is 3.10. The van der Waals surface area contributed by atoms with Gasteiger partial charge in [0.25, 0.3) is 0 Å². The number of carboxylic acid groups (broad SMARTS) is 1. The quantitative estimate of drug-likeness (QED) is 0.375. The first-order chi connectivity index (χ1) is 14.0. The van der Waals surface area contributed by atoms with Gasteiger partial charge < -0.3 is 25.0 Å². The summed E-state index contributed by atoms with van der Waals surface area (Å²) in [6.45, 7) is 3.56. The Morgan fingerprint density at radius 2 is 2.03 bits per heavy atom. The standard InChI is InChI=1S/C22H25N3O3S/c1-3-4-10-23-22(29)24-18-8-7-15-9-11-25(19(15)13-18)14-17-6-5-16(21(26)27)12-20(17)28-2/h5-9,11-13H,3-4,10,14H2,1-2H3,(H,26,27)(H2,23,24,29). The zero-order chi connectivity index (χ0) is 20.8. The molecule has 0 radical (unpaired) electrons. The third-order valence-corrected chi connectivity index (χ3v) is 4.97. The number of hydrogen-bond donors (Lipinski definition) is 3. The predicted molar refractivity (Wildman–Crippen MR) is 120 cm³/mol. The summed E-state index contributed by atoms with van der Waals surface area (Å²) in [5, 5.41) is 17.3. The summed E-state index contributed by atoms with van der Waals surface area (Å²) >= 11 is 5.36. The van der Waals surface area contributed by atoms with Crippen molar-refractivity contribution < 1.29 is 14.6 Å². The van der Waals surface area contributed by atoms with Crippen LogP contribution in [0.15, 0.2) is 48.7 Å². The van der Waals surface area contributed by atoms with Gasteiger partial charge in [-0.15, -0.1) is 0 Å². The van der Waals surface area contributed by atoms with Crippen molar-refractivity contribution in [2.75, 3.05) is 19.0 Å². The maximum absolute atomic E-state index is 11.2. The molecule has 0 amide bonds. The van der Waals surface area contributed by atoms with Gasteiger partial charge in [0.05, 0.1) is 24.7 Å². The number of anilines is 1. The van der Waals surface area contributed by atoms with Crippen molar-refractivity contribution >= 4 is 39.9 Å². The maximum Gasteiger partial charge on any atom is 0.335 e. The van der Waals surface area contributed by atoms with E-state index in [-0.39, 0.29) is 5.56 Å². The lowest BCUT2D eigenvalue weighted by molar-refractivity contribution is 0.0696. The largest absolute Gasteiger partial charge is 0.496 e. The van der Waals surface area contributed by atoms with Crippen molar-refractivity contribution in [3.8, 4) is 5.75 Å². The zero-order valence-corrected chi connectivity index (χ0v) is 17.4. The number of nitrogens with zero attached hydrogens (tertiary/aromatic N) is 1. The van der Waals surface area contributed by atoms with Crippen LogP contribution in [-0.2, 0) is 6.54 Å². The molecule has 0 aliphatic rings. The number of fused-ring (bicyclic) bond motifs is 1. The Labute approximate surface area is 175 Å². The van der Waals surface area contributed by atoms with Gasteiger partial charge in [-0.1, -0.05) is 25.5 Å². The molecule has 0 fully saturated rings. The molecule has 3 rings (SSSR count). The first-order valence-electron chi connectivity index (χ1n) is 9.55. The van der Waals surface area contributed by atoms with Crippen LogP contribution in [0.3, 0.4) is 0 Å². The smallest absolute Gasteiger partial charge is 0.335 e. The molecule has 152 valence electrons. The molecule has 0 aliphatic carbocycles. The Morgan fingerprint density at radius 3 is 2.76 bits per heavy atom. The monoisotopic (exact) mass is 411 g/mol. The second-order valence-electron chi connectivity index (χ2n) is 6.78. The third kappa shape index (κ3) is 5.06. The molecule has 1 aromatic heterocycles. The van der Waals surface area contributed by atoms with E-state index in [0.717, 1.165) is 41.5 Å². The van der Waals surface area contributed by atoms with Crippen LogP contribution in [0.1, 0.15) is 35.7 Å². The molecule has 6 nitrogen and oxygen atoms in total. The summed E-state index contributed by atoms with van der Waals surface area (Å²) in [6.07, 6.45) is 4.20. The number of methoxy groups -OCH3 is 1. The molecule has 0 bridgehead atoms. The Bertz CT molecular complexity index is 1030. The van der Waals surface area contributed by atoms with Crippen LogP contribution in [-0.4, -0.2) is 34.4 Å². The first-order valence-corrected chi connectivity index (χ1v) is 9.96. The lowest BCUT2D eigenvalue weighted by Crippen LogP contribution is -2.29. The summed E-state index contributed by atoms with van der Waals surface area (Å²) < 4.78 is 7.51. The fraction of sp³-hybridized carbons (Fsp3) is 0.273. The van der Waals surface area contributed by atoms with Crippen molar-refractivity contribution in [3.63, 3.8) is 0 Å². The van der Waals surface area contributed by atoms with Crippen LogP contribution in [0, 0.1) is 0 Å². The lowest BCUT2D eigenvalue weighted by atomic mass is 10.1. The number of hydrogen-bond acceptors (Lipinski definition) is 3. The number of ether oxygens (including phenoxy) is 1. The van der Waals surface area contributed by atoms with Gasteiger partial charge in [0, 0.05) is 24.0 Å². The van der Waals surface area contributed by atoms with Crippen LogP contribution in [0.4, 0.5) is 5.69 Å². The van der Waals surface area contributed by atoms with Crippen molar-refractivity contribution in [2.45, 2.75) is 26.3 Å². The zero-order valence-electron chi connectivity index (χ0n) is 16.6. The minimum absolute atomic E-state index is 0.207. The Kier molecular flexibility index (Phi) is 6.72. The highest BCUT2D eigenvalue weighted by Crippen LogP contribution is 2.25. The van der Waals surface area contributed by atoms with Gasteiger partial charge in [-0.05, 0) is 54.4 Å². The summed E-state index contributed by atoms with van der Waals surface area (Å²) in [6, 6.07) is 13.1. The second-order valence-corrected chi connectivity index (χ2v) is 7.19. The summed E-state index contributed by atoms with van der Waals surface area (Å²) in [7, 11) is 1.55. The minimum Gasteiger partial charge on any atom is -0.496 e. The van der Waals surface area contributed by atoms with E-state index in [4.69, 9.17) is 17.0 Å². The highest BCUT2D eigenvalue weighted by molar-refractivity contribution is 7.80. The fourth-order valence-electron chi connectivity index (χ4n) is 3.15. The molecule has 29 heavy (non-hydrogen) atoms. The molecule has 2 aromatic carbocycles. The van der Waals surface area contributed by atoms with Crippen molar-refractivity contribution in [1.29, 1.82) is 0 Å². The van der Waals surface area contributed by atoms with Gasteiger partial charge in [0.2, 0.25) is 0 Å². The molecule has 0 unspecified atom stereocenters. The average molecular weight is 412 g/mol. The third-order valence-electron chi connectivity index (χ3n) is 4.72. The number of carbonyl (C=O) groups is 1. The predicted octanol–water partition coefficient (Wildman–Crippen LogP) is 4.48. The van der Waals surface area contributed by atoms with Gasteiger partial charge in [-0.25, -0.2) is 4.79 Å². The molecule has 0 saturated carbocycles. The number of rotatable bonds is 8. The lowest BCUT2D eigenvalue weighted by Gasteiger charge is -2.13. The number of nitrogens with one attached hydrogen (secondary N) is 2. The van der Waals surface area contributed by atoms with Gasteiger partial charge in [-0.3, -0.25) is 0 Å². The SMILES string of the molecule is CCCCNC(=S)Nc1ccc2ccn(Cc3ccc(C(=O)O)cc3OC)c2c1. The molecule has 1 heterocycles. The number of thiocarbonyl (C=S) groups is 1. The van der Waals surface area contributed by atoms with E-state index in [0.29, 0.717) is 17.4 Å². The molecule has 0 atom stereocenters. The van der Waals surface area contributed by atoms with Crippen molar-refractivity contribution in [1.82, 2.24) is 9.88 Å². The van der Waals surface area contributed by atoms with Crippen LogP contribution >= 0.6 is 12.2 Å². The molecule has 3 aromatic rings. The molecule has 0 spiro atoms. The van der Waals surface area contributed by atoms with Gasteiger partial charge in [-0.2, -0.15) is 0 Å². The van der Waals surface area contributed by atoms with Crippen molar-refractivity contribution in [3.05, 3.63) is 59.8 Å². The van der Waals surface area contributed by atoms with Crippen LogP contribution in [0.5, 0.6) is 5.75 Å². The second kappa shape index (κ2) is 9.43. The Balaban J connectivity index is 1.82. The van der Waals surface area contributed by atoms with Crippen molar-refractivity contribution in [2.24, 2.45) is 0 Å².